The lowest BCUT2D eigenvalue weighted by Crippen LogP contribution is -2.15. The number of fused-ring (bicyclic) bond motifs is 1. The van der Waals surface area contributed by atoms with Gasteiger partial charge in [0.1, 0.15) is 13.2 Å². The zero-order chi connectivity index (χ0) is 14.7. The van der Waals surface area contributed by atoms with Crippen LogP contribution >= 0.6 is 27.7 Å². The van der Waals surface area contributed by atoms with Crippen LogP contribution in [0.15, 0.2) is 50.7 Å². The summed E-state index contributed by atoms with van der Waals surface area (Å²) < 4.78 is 12.3. The molecule has 0 aliphatic carbocycles. The van der Waals surface area contributed by atoms with Crippen LogP contribution in [0.4, 0.5) is 0 Å². The molecule has 1 aliphatic heterocycles. The Labute approximate surface area is 137 Å². The van der Waals surface area contributed by atoms with E-state index in [2.05, 4.69) is 40.2 Å². The average molecular weight is 366 g/mol. The van der Waals surface area contributed by atoms with E-state index in [9.17, 15) is 0 Å². The van der Waals surface area contributed by atoms with Crippen LogP contribution in [0, 0.1) is 0 Å². The number of rotatable bonds is 4. The van der Waals surface area contributed by atoms with Gasteiger partial charge >= 0.3 is 0 Å². The fraction of sp³-hybridized carbons (Fsp3) is 0.250. The van der Waals surface area contributed by atoms with Crippen molar-refractivity contribution in [2.45, 2.75) is 16.2 Å². The first-order valence-electron chi connectivity index (χ1n) is 6.82. The van der Waals surface area contributed by atoms with Gasteiger partial charge in [-0.15, -0.1) is 0 Å². The highest BCUT2D eigenvalue weighted by Crippen LogP contribution is 2.37. The fourth-order valence-corrected chi connectivity index (χ4v) is 3.79. The summed E-state index contributed by atoms with van der Waals surface area (Å²) in [6.07, 6.45) is 0.884. The molecule has 0 atom stereocenters. The van der Waals surface area contributed by atoms with Crippen molar-refractivity contribution < 1.29 is 9.47 Å². The average Bonchev–Trinajstić information content (AvgIpc) is 2.50. The summed E-state index contributed by atoms with van der Waals surface area (Å²) in [5.41, 5.74) is 6.84. The van der Waals surface area contributed by atoms with Crippen LogP contribution in [0.1, 0.15) is 5.56 Å². The molecule has 0 aromatic heterocycles. The van der Waals surface area contributed by atoms with E-state index in [0.717, 1.165) is 27.3 Å². The molecular weight excluding hydrogens is 350 g/mol. The third-order valence-electron chi connectivity index (χ3n) is 3.19. The Bertz CT molecular complexity index is 648. The molecule has 3 rings (SSSR count). The maximum absolute atomic E-state index is 5.62. The van der Waals surface area contributed by atoms with Crippen LogP contribution in [0.3, 0.4) is 0 Å². The largest absolute Gasteiger partial charge is 0.486 e. The molecule has 0 radical (unpaired) electrons. The standard InChI is InChI=1S/C16H16BrNO2S/c17-14-9-12(2-1-11(14)5-6-18)21-13-3-4-15-16(10-13)20-8-7-19-15/h1-4,9-10H,5-8,18H2. The smallest absolute Gasteiger partial charge is 0.162 e. The van der Waals surface area contributed by atoms with Gasteiger partial charge < -0.3 is 15.2 Å². The van der Waals surface area contributed by atoms with Crippen LogP contribution in [0.25, 0.3) is 0 Å². The number of nitrogens with two attached hydrogens (primary N) is 1. The van der Waals surface area contributed by atoms with Gasteiger partial charge in [-0.25, -0.2) is 0 Å². The highest BCUT2D eigenvalue weighted by Gasteiger charge is 2.12. The van der Waals surface area contributed by atoms with Gasteiger partial charge in [-0.05, 0) is 48.9 Å². The van der Waals surface area contributed by atoms with Crippen LogP contribution in [0.2, 0.25) is 0 Å². The molecule has 0 saturated heterocycles. The Balaban J connectivity index is 1.78. The fourth-order valence-electron chi connectivity index (χ4n) is 2.17. The maximum atomic E-state index is 5.62. The van der Waals surface area contributed by atoms with Crippen LogP contribution in [0.5, 0.6) is 11.5 Å². The van der Waals surface area contributed by atoms with E-state index in [4.69, 9.17) is 15.2 Å². The van der Waals surface area contributed by atoms with Crippen molar-refractivity contribution in [2.24, 2.45) is 5.73 Å². The predicted molar refractivity (Wildman–Crippen MR) is 88.5 cm³/mol. The zero-order valence-corrected chi connectivity index (χ0v) is 13.9. The van der Waals surface area contributed by atoms with E-state index in [1.54, 1.807) is 11.8 Å². The maximum Gasteiger partial charge on any atom is 0.162 e. The molecule has 21 heavy (non-hydrogen) atoms. The summed E-state index contributed by atoms with van der Waals surface area (Å²) in [5, 5.41) is 0. The Morgan fingerprint density at radius 1 is 1.00 bits per heavy atom. The first kappa shape index (κ1) is 14.8. The Morgan fingerprint density at radius 3 is 2.48 bits per heavy atom. The minimum Gasteiger partial charge on any atom is -0.486 e. The van der Waals surface area contributed by atoms with Crippen molar-refractivity contribution in [3.63, 3.8) is 0 Å². The van der Waals surface area contributed by atoms with Gasteiger partial charge in [0, 0.05) is 14.3 Å². The van der Waals surface area contributed by atoms with Crippen LogP contribution in [-0.2, 0) is 6.42 Å². The van der Waals surface area contributed by atoms with Gasteiger partial charge in [0.2, 0.25) is 0 Å². The molecule has 2 aromatic rings. The van der Waals surface area contributed by atoms with Crippen molar-refractivity contribution in [1.82, 2.24) is 0 Å². The lowest BCUT2D eigenvalue weighted by molar-refractivity contribution is 0.171. The Hall–Kier alpha value is -1.17. The number of ether oxygens (including phenoxy) is 2. The molecule has 5 heteroatoms. The summed E-state index contributed by atoms with van der Waals surface area (Å²) in [6, 6.07) is 12.4. The van der Waals surface area contributed by atoms with E-state index < -0.39 is 0 Å². The number of hydrogen-bond acceptors (Lipinski definition) is 4. The normalized spacial score (nSPS) is 13.2. The quantitative estimate of drug-likeness (QED) is 0.892. The first-order chi connectivity index (χ1) is 10.3. The lowest BCUT2D eigenvalue weighted by atomic mass is 10.1. The predicted octanol–water partition coefficient (Wildman–Crippen LogP) is 3.87. The minimum atomic E-state index is 0.612. The second-order valence-electron chi connectivity index (χ2n) is 4.70. The molecule has 110 valence electrons. The molecule has 0 spiro atoms. The minimum absolute atomic E-state index is 0.612. The summed E-state index contributed by atoms with van der Waals surface area (Å²) in [5.74, 6) is 1.65. The van der Waals surface area contributed by atoms with Gasteiger partial charge in [-0.1, -0.05) is 33.8 Å². The summed E-state index contributed by atoms with van der Waals surface area (Å²) in [4.78, 5) is 2.32. The molecule has 0 fully saturated rings. The monoisotopic (exact) mass is 365 g/mol. The van der Waals surface area contributed by atoms with Gasteiger partial charge in [0.15, 0.2) is 11.5 Å². The third-order valence-corrected chi connectivity index (χ3v) is 4.91. The highest BCUT2D eigenvalue weighted by atomic mass is 79.9. The van der Waals surface area contributed by atoms with Crippen molar-refractivity contribution in [1.29, 1.82) is 0 Å². The second-order valence-corrected chi connectivity index (χ2v) is 6.70. The molecule has 1 aliphatic rings. The lowest BCUT2D eigenvalue weighted by Gasteiger charge is -2.18. The van der Waals surface area contributed by atoms with Gasteiger partial charge in [-0.2, -0.15) is 0 Å². The summed E-state index contributed by atoms with van der Waals surface area (Å²) in [6.45, 7) is 1.89. The molecule has 0 unspecified atom stereocenters. The molecule has 2 aromatic carbocycles. The summed E-state index contributed by atoms with van der Waals surface area (Å²) >= 11 is 5.31. The SMILES string of the molecule is NCCc1ccc(Sc2ccc3c(c2)OCCO3)cc1Br. The van der Waals surface area contributed by atoms with E-state index in [0.29, 0.717) is 19.8 Å². The highest BCUT2D eigenvalue weighted by molar-refractivity contribution is 9.10. The Morgan fingerprint density at radius 2 is 1.71 bits per heavy atom. The van der Waals surface area contributed by atoms with Crippen molar-refractivity contribution >= 4 is 27.7 Å². The van der Waals surface area contributed by atoms with Gasteiger partial charge in [0.25, 0.3) is 0 Å². The second kappa shape index (κ2) is 6.73. The molecule has 0 bridgehead atoms. The number of halogens is 1. The number of hydrogen-bond donors (Lipinski definition) is 1. The Kier molecular flexibility index (Phi) is 4.73. The van der Waals surface area contributed by atoms with E-state index in [1.807, 2.05) is 12.1 Å². The van der Waals surface area contributed by atoms with Crippen LogP contribution in [-0.4, -0.2) is 19.8 Å². The topological polar surface area (TPSA) is 44.5 Å². The van der Waals surface area contributed by atoms with Crippen molar-refractivity contribution in [3.05, 3.63) is 46.4 Å². The molecule has 1 heterocycles. The third kappa shape index (κ3) is 3.54. The van der Waals surface area contributed by atoms with Crippen molar-refractivity contribution in [2.75, 3.05) is 19.8 Å². The van der Waals surface area contributed by atoms with Crippen molar-refractivity contribution in [3.8, 4) is 11.5 Å². The van der Waals surface area contributed by atoms with Crippen LogP contribution < -0.4 is 15.2 Å². The zero-order valence-electron chi connectivity index (χ0n) is 11.5. The van der Waals surface area contributed by atoms with Gasteiger partial charge in [-0.3, -0.25) is 0 Å². The number of benzene rings is 2. The molecular formula is C16H16BrNO2S. The van der Waals surface area contributed by atoms with E-state index in [-0.39, 0.29) is 0 Å². The first-order valence-corrected chi connectivity index (χ1v) is 8.43. The molecule has 0 amide bonds. The van der Waals surface area contributed by atoms with E-state index in [1.165, 1.54) is 10.5 Å². The molecule has 2 N–H and O–H groups in total. The molecule has 0 saturated carbocycles. The van der Waals surface area contributed by atoms with E-state index >= 15 is 0 Å². The molecule has 3 nitrogen and oxygen atoms in total. The summed E-state index contributed by atoms with van der Waals surface area (Å²) in [7, 11) is 0. The van der Waals surface area contributed by atoms with Gasteiger partial charge in [0.05, 0.1) is 0 Å².